The first-order valence-electron chi connectivity index (χ1n) is 11.5. The Morgan fingerprint density at radius 2 is 1.92 bits per heavy atom. The van der Waals surface area contributed by atoms with E-state index in [1.165, 1.54) is 12.4 Å². The predicted molar refractivity (Wildman–Crippen MR) is 129 cm³/mol. The van der Waals surface area contributed by atoms with E-state index < -0.39 is 12.8 Å². The molecule has 3 aromatic rings. The number of rotatable bonds is 6. The molecule has 3 aromatic heterocycles. The third-order valence-corrected chi connectivity index (χ3v) is 6.09. The molecular formula is C23H26F3N9O. The molecule has 5 heterocycles. The van der Waals surface area contributed by atoms with Gasteiger partial charge in [0.15, 0.2) is 12.4 Å². The van der Waals surface area contributed by atoms with E-state index in [0.29, 0.717) is 24.0 Å². The van der Waals surface area contributed by atoms with Crippen LogP contribution in [0.2, 0.25) is 0 Å². The van der Waals surface area contributed by atoms with Gasteiger partial charge in [-0.1, -0.05) is 13.8 Å². The smallest absolute Gasteiger partial charge is 0.422 e. The Balaban J connectivity index is 1.46. The summed E-state index contributed by atoms with van der Waals surface area (Å²) in [5.41, 5.74) is 8.26. The number of ether oxygens (including phenoxy) is 1. The van der Waals surface area contributed by atoms with Gasteiger partial charge in [0, 0.05) is 31.2 Å². The van der Waals surface area contributed by atoms with Gasteiger partial charge in [0.05, 0.1) is 17.1 Å². The van der Waals surface area contributed by atoms with Crippen LogP contribution in [0.4, 0.5) is 47.9 Å². The molecule has 0 aliphatic carbocycles. The maximum atomic E-state index is 12.9. The van der Waals surface area contributed by atoms with Crippen molar-refractivity contribution in [2.24, 2.45) is 0 Å². The second kappa shape index (κ2) is 8.95. The lowest BCUT2D eigenvalue weighted by atomic mass is 9.91. The number of anilines is 6. The van der Waals surface area contributed by atoms with Gasteiger partial charge in [-0.25, -0.2) is 9.97 Å². The van der Waals surface area contributed by atoms with Crippen LogP contribution in [-0.2, 0) is 5.41 Å². The summed E-state index contributed by atoms with van der Waals surface area (Å²) in [7, 11) is 0. The van der Waals surface area contributed by atoms with Crippen molar-refractivity contribution in [1.82, 2.24) is 24.9 Å². The molecule has 10 nitrogen and oxygen atoms in total. The summed E-state index contributed by atoms with van der Waals surface area (Å²) in [6.45, 7) is 4.72. The second-order valence-electron chi connectivity index (χ2n) is 9.43. The van der Waals surface area contributed by atoms with Gasteiger partial charge in [-0.15, -0.1) is 0 Å². The van der Waals surface area contributed by atoms with E-state index in [9.17, 15) is 13.2 Å². The summed E-state index contributed by atoms with van der Waals surface area (Å²) >= 11 is 0. The van der Waals surface area contributed by atoms with Crippen LogP contribution >= 0.6 is 0 Å². The Morgan fingerprint density at radius 1 is 1.14 bits per heavy atom. The number of halogens is 3. The molecule has 0 spiro atoms. The Kier molecular flexibility index (Phi) is 5.92. The summed E-state index contributed by atoms with van der Waals surface area (Å²) in [6.07, 6.45) is 0.463. The normalized spacial score (nSPS) is 16.8. The Labute approximate surface area is 205 Å². The van der Waals surface area contributed by atoms with Crippen LogP contribution in [0.5, 0.6) is 5.88 Å². The summed E-state index contributed by atoms with van der Waals surface area (Å²) in [5, 5.41) is 2.92. The van der Waals surface area contributed by atoms with Crippen LogP contribution in [0.1, 0.15) is 32.4 Å². The first kappa shape index (κ1) is 23.8. The van der Waals surface area contributed by atoms with E-state index in [4.69, 9.17) is 10.5 Å². The lowest BCUT2D eigenvalue weighted by Crippen LogP contribution is -2.26. The van der Waals surface area contributed by atoms with Gasteiger partial charge in [-0.2, -0.15) is 23.1 Å². The highest BCUT2D eigenvalue weighted by molar-refractivity contribution is 5.74. The van der Waals surface area contributed by atoms with Crippen molar-refractivity contribution in [3.8, 4) is 5.88 Å². The molecule has 36 heavy (non-hydrogen) atoms. The fraction of sp³-hybridized carbons (Fsp3) is 0.435. The van der Waals surface area contributed by atoms with E-state index >= 15 is 0 Å². The minimum absolute atomic E-state index is 0.113. The number of nitrogen functional groups attached to an aromatic ring is 1. The Hall–Kier alpha value is -3.90. The summed E-state index contributed by atoms with van der Waals surface area (Å²) in [6, 6.07) is 5.28. The third-order valence-electron chi connectivity index (χ3n) is 6.09. The average molecular weight is 502 g/mol. The van der Waals surface area contributed by atoms with E-state index in [-0.39, 0.29) is 22.9 Å². The van der Waals surface area contributed by atoms with E-state index in [1.807, 2.05) is 21.9 Å². The van der Waals surface area contributed by atoms with E-state index in [2.05, 4.69) is 44.1 Å². The number of nitrogens with zero attached hydrogens (tertiary/aromatic N) is 7. The molecule has 0 amide bonds. The highest BCUT2D eigenvalue weighted by atomic mass is 19.4. The van der Waals surface area contributed by atoms with Crippen molar-refractivity contribution >= 4 is 34.8 Å². The van der Waals surface area contributed by atoms with Crippen LogP contribution in [0.25, 0.3) is 0 Å². The third kappa shape index (κ3) is 4.77. The largest absolute Gasteiger partial charge is 0.466 e. The van der Waals surface area contributed by atoms with Crippen LogP contribution in [0.3, 0.4) is 0 Å². The average Bonchev–Trinajstić information content (AvgIpc) is 3.45. The molecule has 0 unspecified atom stereocenters. The number of alkyl halides is 3. The molecule has 1 saturated heterocycles. The molecule has 0 aromatic carbocycles. The number of nitrogens with two attached hydrogens (primary N) is 1. The zero-order valence-corrected chi connectivity index (χ0v) is 19.9. The first-order valence-corrected chi connectivity index (χ1v) is 11.5. The van der Waals surface area contributed by atoms with Crippen molar-refractivity contribution in [3.05, 3.63) is 36.4 Å². The molecule has 0 bridgehead atoms. The number of hydrogen-bond donors (Lipinski definition) is 2. The van der Waals surface area contributed by atoms with Gasteiger partial charge < -0.3 is 25.6 Å². The van der Waals surface area contributed by atoms with Crippen LogP contribution in [0.15, 0.2) is 30.7 Å². The molecule has 5 rings (SSSR count). The highest BCUT2D eigenvalue weighted by Crippen LogP contribution is 2.42. The van der Waals surface area contributed by atoms with Gasteiger partial charge in [0.2, 0.25) is 17.8 Å². The Bertz CT molecular complexity index is 1260. The fourth-order valence-corrected chi connectivity index (χ4v) is 4.50. The number of fused-ring (bicyclic) bond motifs is 1. The van der Waals surface area contributed by atoms with Gasteiger partial charge in [0.1, 0.15) is 12.0 Å². The number of hydrogen-bond acceptors (Lipinski definition) is 10. The molecule has 0 saturated carbocycles. The predicted octanol–water partition coefficient (Wildman–Crippen LogP) is 3.96. The van der Waals surface area contributed by atoms with E-state index in [0.717, 1.165) is 37.3 Å². The molecule has 190 valence electrons. The number of nitrogens with one attached hydrogen (secondary N) is 1. The summed E-state index contributed by atoms with van der Waals surface area (Å²) in [5.74, 6) is 0.652. The maximum Gasteiger partial charge on any atom is 0.422 e. The van der Waals surface area contributed by atoms with Crippen molar-refractivity contribution < 1.29 is 17.9 Å². The monoisotopic (exact) mass is 501 g/mol. The molecule has 2 aliphatic heterocycles. The standard InChI is InChI=1S/C23H26F3N9O/c1-22(2)11-35(16-6-5-7-28-17(16)22)21-30-13-29-20(33-21)31-15-10-14(27)18(34-8-3-4-9-34)32-19(15)36-12-23(24,25)26/h5-7,10,13H,3-4,8-9,11-12,27H2,1-2H3,(H,29,30,31,33). The molecule has 0 atom stereocenters. The van der Waals surface area contributed by atoms with Gasteiger partial charge >= 0.3 is 6.18 Å². The van der Waals surface area contributed by atoms with Gasteiger partial charge in [-0.3, -0.25) is 4.98 Å². The second-order valence-corrected chi connectivity index (χ2v) is 9.43. The fourth-order valence-electron chi connectivity index (χ4n) is 4.50. The Morgan fingerprint density at radius 3 is 2.67 bits per heavy atom. The van der Waals surface area contributed by atoms with Crippen molar-refractivity contribution in [3.63, 3.8) is 0 Å². The lowest BCUT2D eigenvalue weighted by Gasteiger charge is -2.22. The molecule has 2 aliphatic rings. The van der Waals surface area contributed by atoms with Crippen LogP contribution < -0.4 is 25.6 Å². The molecule has 3 N–H and O–H groups in total. The molecule has 1 fully saturated rings. The van der Waals surface area contributed by atoms with E-state index in [1.54, 1.807) is 6.20 Å². The minimum atomic E-state index is -4.53. The number of pyridine rings is 2. The van der Waals surface area contributed by atoms with Gasteiger partial charge in [0.25, 0.3) is 0 Å². The maximum absolute atomic E-state index is 12.9. The number of aromatic nitrogens is 5. The molecular weight excluding hydrogens is 475 g/mol. The zero-order chi connectivity index (χ0) is 25.5. The van der Waals surface area contributed by atoms with Crippen molar-refractivity contribution in [2.75, 3.05) is 47.1 Å². The zero-order valence-electron chi connectivity index (χ0n) is 19.9. The summed E-state index contributed by atoms with van der Waals surface area (Å²) < 4.78 is 43.9. The van der Waals surface area contributed by atoms with Crippen LogP contribution in [0, 0.1) is 0 Å². The first-order chi connectivity index (χ1) is 17.1. The van der Waals surface area contributed by atoms with Gasteiger partial charge in [-0.05, 0) is 31.0 Å². The van der Waals surface area contributed by atoms with Crippen molar-refractivity contribution in [1.29, 1.82) is 0 Å². The summed E-state index contributed by atoms with van der Waals surface area (Å²) in [4.78, 5) is 25.7. The van der Waals surface area contributed by atoms with Crippen molar-refractivity contribution in [2.45, 2.75) is 38.3 Å². The topological polar surface area (TPSA) is 118 Å². The highest BCUT2D eigenvalue weighted by Gasteiger charge is 2.38. The quantitative estimate of drug-likeness (QED) is 0.514. The molecule has 13 heteroatoms. The SMILES string of the molecule is CC1(C)CN(c2ncnc(Nc3cc(N)c(N4CCCC4)nc3OCC(F)(F)F)n2)c2cccnc21. The lowest BCUT2D eigenvalue weighted by molar-refractivity contribution is -0.153. The minimum Gasteiger partial charge on any atom is -0.466 e. The molecule has 0 radical (unpaired) electrons. The van der Waals surface area contributed by atoms with Crippen LogP contribution in [-0.4, -0.2) is 57.3 Å².